The van der Waals surface area contributed by atoms with Crippen molar-refractivity contribution in [1.82, 2.24) is 20.7 Å². The summed E-state index contributed by atoms with van der Waals surface area (Å²) in [5.41, 5.74) is -0.625. The summed E-state index contributed by atoms with van der Waals surface area (Å²) in [6.45, 7) is 11.4. The predicted molar refractivity (Wildman–Crippen MR) is 174 cm³/mol. The third-order valence-corrected chi connectivity index (χ3v) is 6.45. The zero-order valence-corrected chi connectivity index (χ0v) is 28.1. The van der Waals surface area contributed by atoms with E-state index in [-0.39, 0.29) is 6.42 Å². The SMILES string of the molecule is C[C@H](NC(=O)C(C(=O)NS)c1ccccc1)C(=O)N[C@@H](CC(=O)OC(C)(C)C)C(=O)N[C@@H](Cc1ccccc1)C(=O)OC(C)(C)C. The lowest BCUT2D eigenvalue weighted by Crippen LogP contribution is -2.57. The zero-order chi connectivity index (χ0) is 34.7. The number of hydrogen-bond acceptors (Lipinski definition) is 9. The summed E-state index contributed by atoms with van der Waals surface area (Å²) in [5, 5.41) is 7.58. The van der Waals surface area contributed by atoms with Crippen molar-refractivity contribution in [2.75, 3.05) is 0 Å². The van der Waals surface area contributed by atoms with Gasteiger partial charge in [0.15, 0.2) is 0 Å². The molecule has 0 radical (unpaired) electrons. The summed E-state index contributed by atoms with van der Waals surface area (Å²) in [6, 6.07) is 13.2. The van der Waals surface area contributed by atoms with E-state index in [0.717, 1.165) is 5.56 Å². The maximum atomic E-state index is 13.6. The molecule has 4 N–H and O–H groups in total. The molecule has 0 aliphatic heterocycles. The topological polar surface area (TPSA) is 169 Å². The van der Waals surface area contributed by atoms with E-state index >= 15 is 0 Å². The number of ether oxygens (including phenoxy) is 2. The molecule has 1 unspecified atom stereocenters. The summed E-state index contributed by atoms with van der Waals surface area (Å²) in [5.74, 6) is -5.98. The average Bonchev–Trinajstić information content (AvgIpc) is 2.95. The van der Waals surface area contributed by atoms with Crippen LogP contribution in [0.2, 0.25) is 0 Å². The Morgan fingerprint density at radius 1 is 0.674 bits per heavy atom. The second-order valence-electron chi connectivity index (χ2n) is 12.7. The molecule has 12 nitrogen and oxygen atoms in total. The minimum absolute atomic E-state index is 0.0785. The van der Waals surface area contributed by atoms with Crippen molar-refractivity contribution in [2.24, 2.45) is 0 Å². The van der Waals surface area contributed by atoms with Gasteiger partial charge in [-0.3, -0.25) is 24.0 Å². The molecule has 0 spiro atoms. The smallest absolute Gasteiger partial charge is 0.329 e. The van der Waals surface area contributed by atoms with Gasteiger partial charge in [0, 0.05) is 6.42 Å². The number of nitrogens with one attached hydrogen (secondary N) is 4. The van der Waals surface area contributed by atoms with Crippen LogP contribution in [0.5, 0.6) is 0 Å². The number of carbonyl (C=O) groups excluding carboxylic acids is 6. The summed E-state index contributed by atoms with van der Waals surface area (Å²) < 4.78 is 13.1. The lowest BCUT2D eigenvalue weighted by Gasteiger charge is -2.27. The van der Waals surface area contributed by atoms with Gasteiger partial charge in [0.1, 0.15) is 35.2 Å². The number of esters is 2. The van der Waals surface area contributed by atoms with Crippen LogP contribution < -0.4 is 20.7 Å². The first-order valence-electron chi connectivity index (χ1n) is 14.8. The van der Waals surface area contributed by atoms with Gasteiger partial charge in [0.25, 0.3) is 0 Å². The Hall–Kier alpha value is -4.39. The monoisotopic (exact) mass is 656 g/mol. The van der Waals surface area contributed by atoms with Crippen LogP contribution in [0.15, 0.2) is 60.7 Å². The van der Waals surface area contributed by atoms with Crippen LogP contribution in [0.25, 0.3) is 0 Å². The molecule has 4 atom stereocenters. The molecule has 4 amide bonds. The van der Waals surface area contributed by atoms with E-state index in [4.69, 9.17) is 9.47 Å². The second kappa shape index (κ2) is 16.8. The molecule has 0 fully saturated rings. The van der Waals surface area contributed by atoms with Crippen molar-refractivity contribution in [1.29, 1.82) is 0 Å². The van der Waals surface area contributed by atoms with E-state index in [2.05, 4.69) is 33.5 Å². The minimum Gasteiger partial charge on any atom is -0.460 e. The summed E-state index contributed by atoms with van der Waals surface area (Å²) in [7, 11) is 0. The molecule has 0 bridgehead atoms. The van der Waals surface area contributed by atoms with E-state index in [1.807, 2.05) is 6.07 Å². The maximum absolute atomic E-state index is 13.6. The van der Waals surface area contributed by atoms with Crippen molar-refractivity contribution in [3.8, 4) is 0 Å². The van der Waals surface area contributed by atoms with Gasteiger partial charge < -0.3 is 30.1 Å². The molecule has 0 heterocycles. The van der Waals surface area contributed by atoms with Crippen LogP contribution >= 0.6 is 12.8 Å². The highest BCUT2D eigenvalue weighted by atomic mass is 32.1. The Kier molecular flexibility index (Phi) is 13.8. The molecule has 250 valence electrons. The highest BCUT2D eigenvalue weighted by Crippen LogP contribution is 2.17. The molecule has 2 rings (SSSR count). The predicted octanol–water partition coefficient (Wildman–Crippen LogP) is 2.52. The first kappa shape index (κ1) is 37.8. The first-order valence-corrected chi connectivity index (χ1v) is 15.2. The van der Waals surface area contributed by atoms with E-state index in [9.17, 15) is 28.8 Å². The highest BCUT2D eigenvalue weighted by molar-refractivity contribution is 7.78. The molecule has 0 aliphatic carbocycles. The molecular formula is C33H44N4O8S. The van der Waals surface area contributed by atoms with Crippen molar-refractivity contribution < 1.29 is 38.2 Å². The molecule has 0 aliphatic rings. The number of carbonyl (C=O) groups is 6. The molecule has 0 aromatic heterocycles. The van der Waals surface area contributed by atoms with Crippen LogP contribution in [0.3, 0.4) is 0 Å². The maximum Gasteiger partial charge on any atom is 0.329 e. The van der Waals surface area contributed by atoms with Gasteiger partial charge in [-0.1, -0.05) is 73.5 Å². The van der Waals surface area contributed by atoms with Crippen LogP contribution in [0.1, 0.15) is 71.9 Å². The van der Waals surface area contributed by atoms with Crippen LogP contribution in [-0.2, 0) is 44.7 Å². The van der Waals surface area contributed by atoms with Gasteiger partial charge in [-0.15, -0.1) is 0 Å². The van der Waals surface area contributed by atoms with Gasteiger partial charge in [-0.25, -0.2) is 4.79 Å². The lowest BCUT2D eigenvalue weighted by atomic mass is 9.97. The number of hydrogen-bond donors (Lipinski definition) is 5. The molecule has 0 saturated carbocycles. The third-order valence-electron chi connectivity index (χ3n) is 6.23. The minimum atomic E-state index is -1.49. The standard InChI is InChI=1S/C33H44N4O8S/c1-20(34-29(41)26(30(42)37-46)22-16-12-9-13-17-22)27(39)35-23(19-25(38)44-32(2,3)4)28(40)36-24(31(43)45-33(5,6)7)18-21-14-10-8-11-15-21/h8-17,20,23-24,26,46H,18-19H2,1-7H3,(H,34,41)(H,35,39)(H,36,40)(H,37,42)/t20-,23-,24-,26?/m0/s1. The lowest BCUT2D eigenvalue weighted by molar-refractivity contribution is -0.159. The van der Waals surface area contributed by atoms with Gasteiger partial charge in [-0.05, 0) is 59.6 Å². The Labute approximate surface area is 275 Å². The first-order chi connectivity index (χ1) is 21.4. The van der Waals surface area contributed by atoms with Crippen molar-refractivity contribution >= 4 is 48.4 Å². The van der Waals surface area contributed by atoms with E-state index in [1.165, 1.54) is 6.92 Å². The second-order valence-corrected chi connectivity index (χ2v) is 12.9. The fourth-order valence-corrected chi connectivity index (χ4v) is 4.37. The van der Waals surface area contributed by atoms with Gasteiger partial charge in [-0.2, -0.15) is 0 Å². The third kappa shape index (κ3) is 12.9. The normalized spacial score (nSPS) is 14.0. The zero-order valence-electron chi connectivity index (χ0n) is 27.2. The van der Waals surface area contributed by atoms with Gasteiger partial charge >= 0.3 is 11.9 Å². The largest absolute Gasteiger partial charge is 0.460 e. The Bertz CT molecular complexity index is 1370. The van der Waals surface area contributed by atoms with Crippen LogP contribution in [0, 0.1) is 0 Å². The fourth-order valence-electron chi connectivity index (χ4n) is 4.24. The van der Waals surface area contributed by atoms with Crippen LogP contribution in [-0.4, -0.2) is 64.9 Å². The summed E-state index contributed by atoms with van der Waals surface area (Å²) in [4.78, 5) is 78.5. The molecular weight excluding hydrogens is 612 g/mol. The number of rotatable bonds is 13. The highest BCUT2D eigenvalue weighted by Gasteiger charge is 2.35. The molecule has 13 heteroatoms. The van der Waals surface area contributed by atoms with Crippen molar-refractivity contribution in [2.45, 2.75) is 96.6 Å². The molecule has 2 aromatic rings. The molecule has 2 aromatic carbocycles. The Morgan fingerprint density at radius 3 is 1.72 bits per heavy atom. The molecule has 0 saturated heterocycles. The molecule has 46 heavy (non-hydrogen) atoms. The van der Waals surface area contributed by atoms with Crippen LogP contribution in [0.4, 0.5) is 0 Å². The fraction of sp³-hybridized carbons (Fsp3) is 0.455. The summed E-state index contributed by atoms with van der Waals surface area (Å²) >= 11 is 3.78. The van der Waals surface area contributed by atoms with Crippen molar-refractivity contribution in [3.05, 3.63) is 71.8 Å². The quantitative estimate of drug-likeness (QED) is 0.125. The number of thiol groups is 1. The van der Waals surface area contributed by atoms with E-state index in [1.54, 1.807) is 96.1 Å². The van der Waals surface area contributed by atoms with Crippen molar-refractivity contribution in [3.63, 3.8) is 0 Å². The van der Waals surface area contributed by atoms with Gasteiger partial charge in [0.2, 0.25) is 23.6 Å². The average molecular weight is 657 g/mol. The number of amides is 4. The summed E-state index contributed by atoms with van der Waals surface area (Å²) in [6.07, 6.45) is -0.494. The van der Waals surface area contributed by atoms with E-state index < -0.39 is 77.2 Å². The Morgan fingerprint density at radius 2 is 1.20 bits per heavy atom. The van der Waals surface area contributed by atoms with E-state index in [0.29, 0.717) is 5.56 Å². The Balaban J connectivity index is 2.30. The number of benzene rings is 2. The van der Waals surface area contributed by atoms with Gasteiger partial charge in [0.05, 0.1) is 6.42 Å².